The zero-order valence-electron chi connectivity index (χ0n) is 20.5. The van der Waals surface area contributed by atoms with E-state index in [1.807, 2.05) is 72.6 Å². The minimum absolute atomic E-state index is 0.00552. The summed E-state index contributed by atoms with van der Waals surface area (Å²) in [6.45, 7) is 0.561. The van der Waals surface area contributed by atoms with Crippen LogP contribution < -0.4 is 9.64 Å². The molecule has 6 rings (SSSR count). The molecule has 1 saturated heterocycles. The number of thioether (sulfide) groups is 2. The first-order valence-electron chi connectivity index (χ1n) is 12.1. The van der Waals surface area contributed by atoms with Crippen molar-refractivity contribution in [2.75, 3.05) is 25.6 Å². The van der Waals surface area contributed by atoms with Crippen LogP contribution in [0.4, 0.5) is 11.4 Å². The maximum absolute atomic E-state index is 13.9. The molecule has 0 spiro atoms. The van der Waals surface area contributed by atoms with Crippen molar-refractivity contribution in [3.63, 3.8) is 0 Å². The van der Waals surface area contributed by atoms with E-state index in [1.165, 1.54) is 17.3 Å². The number of nitrogens with zero attached hydrogens (tertiary/aromatic N) is 3. The van der Waals surface area contributed by atoms with Crippen LogP contribution in [0, 0.1) is 0 Å². The first kappa shape index (κ1) is 23.7. The first-order chi connectivity index (χ1) is 18.1. The predicted molar refractivity (Wildman–Crippen MR) is 155 cm³/mol. The normalized spacial score (nSPS) is 18.2. The van der Waals surface area contributed by atoms with Gasteiger partial charge < -0.3 is 9.64 Å². The molecule has 184 valence electrons. The standard InChI is InChI=1S/C30H25N3O2S2/c1-32-25-19-22(35-2)15-16-26(25)36-29(32)27-28(34)33(18-17-20-9-4-3-5-10-20)30(37-27)31-24-14-8-12-21-11-6-7-13-23(21)24/h3-16,19H,17-18H2,1-2H3. The molecule has 0 saturated carbocycles. The lowest BCUT2D eigenvalue weighted by atomic mass is 10.1. The Kier molecular flexibility index (Phi) is 6.40. The fraction of sp³-hybridized carbons (Fsp3) is 0.133. The molecule has 0 aliphatic carbocycles. The number of amides is 1. The summed E-state index contributed by atoms with van der Waals surface area (Å²) >= 11 is 3.08. The van der Waals surface area contributed by atoms with E-state index in [-0.39, 0.29) is 5.91 Å². The number of amidine groups is 1. The van der Waals surface area contributed by atoms with Crippen LogP contribution in [0.5, 0.6) is 5.75 Å². The summed E-state index contributed by atoms with van der Waals surface area (Å²) in [5.74, 6) is 0.791. The number of ether oxygens (including phenoxy) is 1. The Morgan fingerprint density at radius 2 is 1.68 bits per heavy atom. The summed E-state index contributed by atoms with van der Waals surface area (Å²) in [7, 11) is 3.67. The number of hydrogen-bond donors (Lipinski definition) is 0. The highest BCUT2D eigenvalue weighted by molar-refractivity contribution is 8.19. The molecule has 1 fully saturated rings. The zero-order chi connectivity index (χ0) is 25.4. The number of hydrogen-bond acceptors (Lipinski definition) is 6. The third kappa shape index (κ3) is 4.49. The molecular weight excluding hydrogens is 498 g/mol. The molecule has 0 unspecified atom stereocenters. The molecule has 5 nitrogen and oxygen atoms in total. The molecule has 2 heterocycles. The van der Waals surface area contributed by atoms with Gasteiger partial charge in [0, 0.05) is 29.9 Å². The monoisotopic (exact) mass is 523 g/mol. The van der Waals surface area contributed by atoms with Gasteiger partial charge >= 0.3 is 0 Å². The molecule has 2 aliphatic heterocycles. The van der Waals surface area contributed by atoms with E-state index in [2.05, 4.69) is 35.2 Å². The second kappa shape index (κ2) is 10.00. The topological polar surface area (TPSA) is 45.1 Å². The van der Waals surface area contributed by atoms with Crippen LogP contribution in [0.15, 0.2) is 111 Å². The fourth-order valence-electron chi connectivity index (χ4n) is 4.56. The highest BCUT2D eigenvalue weighted by atomic mass is 32.2. The number of benzene rings is 4. The summed E-state index contributed by atoms with van der Waals surface area (Å²) in [5, 5.41) is 3.83. The van der Waals surface area contributed by atoms with E-state index in [9.17, 15) is 4.79 Å². The zero-order valence-corrected chi connectivity index (χ0v) is 22.2. The molecule has 2 aliphatic rings. The van der Waals surface area contributed by atoms with Gasteiger partial charge in [0.1, 0.15) is 10.7 Å². The smallest absolute Gasteiger partial charge is 0.269 e. The number of anilines is 1. The van der Waals surface area contributed by atoms with Crippen molar-refractivity contribution in [1.29, 1.82) is 0 Å². The minimum atomic E-state index is -0.00552. The predicted octanol–water partition coefficient (Wildman–Crippen LogP) is 7.07. The lowest BCUT2D eigenvalue weighted by Gasteiger charge is -2.17. The van der Waals surface area contributed by atoms with Gasteiger partial charge in [-0.15, -0.1) is 0 Å². The second-order valence-corrected chi connectivity index (χ2v) is 10.8. The first-order valence-corrected chi connectivity index (χ1v) is 13.7. The van der Waals surface area contributed by atoms with Gasteiger partial charge in [-0.1, -0.05) is 78.5 Å². The van der Waals surface area contributed by atoms with Gasteiger partial charge in [-0.05, 0) is 47.3 Å². The summed E-state index contributed by atoms with van der Waals surface area (Å²) in [5.41, 5.74) is 3.10. The molecule has 7 heteroatoms. The Hall–Kier alpha value is -3.68. The highest BCUT2D eigenvalue weighted by Crippen LogP contribution is 2.51. The average molecular weight is 524 g/mol. The summed E-state index contributed by atoms with van der Waals surface area (Å²) in [6.07, 6.45) is 0.755. The number of aliphatic imine (C=N–C) groups is 1. The van der Waals surface area contributed by atoms with E-state index in [1.54, 1.807) is 18.9 Å². The SMILES string of the molecule is COc1ccc2c(c1)N(C)C(=C1SC(=Nc3cccc4ccccc34)N(CCc3ccccc3)C1=O)S2. The van der Waals surface area contributed by atoms with Gasteiger partial charge in [0.25, 0.3) is 5.91 Å². The van der Waals surface area contributed by atoms with Crippen molar-refractivity contribution in [3.8, 4) is 5.75 Å². The summed E-state index contributed by atoms with van der Waals surface area (Å²) in [4.78, 5) is 24.7. The Balaban J connectivity index is 1.40. The maximum Gasteiger partial charge on any atom is 0.269 e. The quantitative estimate of drug-likeness (QED) is 0.262. The number of rotatable bonds is 5. The molecule has 4 aromatic carbocycles. The van der Waals surface area contributed by atoms with E-state index >= 15 is 0 Å². The van der Waals surface area contributed by atoms with Crippen LogP contribution in [0.25, 0.3) is 10.8 Å². The lowest BCUT2D eigenvalue weighted by molar-refractivity contribution is -0.122. The van der Waals surface area contributed by atoms with Crippen molar-refractivity contribution in [1.82, 2.24) is 4.90 Å². The van der Waals surface area contributed by atoms with Crippen molar-refractivity contribution in [2.24, 2.45) is 4.99 Å². The van der Waals surface area contributed by atoms with Gasteiger partial charge in [-0.25, -0.2) is 4.99 Å². The van der Waals surface area contributed by atoms with Crippen LogP contribution in [0.2, 0.25) is 0 Å². The van der Waals surface area contributed by atoms with Gasteiger partial charge in [0.2, 0.25) is 0 Å². The molecule has 0 radical (unpaired) electrons. The molecule has 4 aromatic rings. The van der Waals surface area contributed by atoms with Crippen molar-refractivity contribution >= 4 is 56.7 Å². The van der Waals surface area contributed by atoms with Crippen molar-refractivity contribution in [2.45, 2.75) is 11.3 Å². The van der Waals surface area contributed by atoms with E-state index in [0.717, 1.165) is 44.2 Å². The van der Waals surface area contributed by atoms with Gasteiger partial charge in [-0.3, -0.25) is 9.69 Å². The minimum Gasteiger partial charge on any atom is -0.497 e. The molecule has 0 aromatic heterocycles. The summed E-state index contributed by atoms with van der Waals surface area (Å²) < 4.78 is 5.43. The number of carbonyl (C=O) groups excluding carboxylic acids is 1. The third-order valence-corrected chi connectivity index (χ3v) is 8.98. The molecular formula is C30H25N3O2S2. The molecule has 0 atom stereocenters. The number of fused-ring (bicyclic) bond motifs is 2. The Bertz CT molecular complexity index is 1560. The average Bonchev–Trinajstić information content (AvgIpc) is 3.43. The van der Waals surface area contributed by atoms with E-state index in [0.29, 0.717) is 16.6 Å². The van der Waals surface area contributed by atoms with Gasteiger partial charge in [0.05, 0.1) is 23.5 Å². The number of carbonyl (C=O) groups is 1. The van der Waals surface area contributed by atoms with E-state index in [4.69, 9.17) is 9.73 Å². The summed E-state index contributed by atoms with van der Waals surface area (Å²) in [6, 6.07) is 30.6. The Morgan fingerprint density at radius 1 is 0.892 bits per heavy atom. The largest absolute Gasteiger partial charge is 0.497 e. The molecule has 1 amide bonds. The Labute approximate surface area is 224 Å². The van der Waals surface area contributed by atoms with Crippen LogP contribution in [0.3, 0.4) is 0 Å². The molecule has 0 bridgehead atoms. The highest BCUT2D eigenvalue weighted by Gasteiger charge is 2.39. The maximum atomic E-state index is 13.9. The molecule has 0 N–H and O–H groups in total. The Morgan fingerprint density at radius 3 is 2.51 bits per heavy atom. The third-order valence-electron chi connectivity index (χ3n) is 6.55. The van der Waals surface area contributed by atoms with Crippen LogP contribution >= 0.6 is 23.5 Å². The molecule has 37 heavy (non-hydrogen) atoms. The van der Waals surface area contributed by atoms with Crippen LogP contribution in [0.1, 0.15) is 5.56 Å². The second-order valence-electron chi connectivity index (χ2n) is 8.82. The van der Waals surface area contributed by atoms with Gasteiger partial charge in [-0.2, -0.15) is 0 Å². The van der Waals surface area contributed by atoms with E-state index < -0.39 is 0 Å². The van der Waals surface area contributed by atoms with Crippen LogP contribution in [-0.2, 0) is 11.2 Å². The van der Waals surface area contributed by atoms with Gasteiger partial charge in [0.15, 0.2) is 5.17 Å². The lowest BCUT2D eigenvalue weighted by Crippen LogP contribution is -2.31. The van der Waals surface area contributed by atoms with Crippen LogP contribution in [-0.4, -0.2) is 36.7 Å². The fourth-order valence-corrected chi connectivity index (χ4v) is 6.91. The number of methoxy groups -OCH3 is 1. The van der Waals surface area contributed by atoms with Crippen molar-refractivity contribution in [3.05, 3.63) is 106 Å². The van der Waals surface area contributed by atoms with Crippen molar-refractivity contribution < 1.29 is 9.53 Å².